The molecule has 8 heteroatoms. The molecule has 4 aliphatic carbocycles. The molecule has 5 aliphatic rings. The highest BCUT2D eigenvalue weighted by atomic mass is 35.5. The summed E-state index contributed by atoms with van der Waals surface area (Å²) < 4.78 is 5.59. The number of alkyl carbamates (subject to hydrolysis) is 1. The first kappa shape index (κ1) is 24.8. The van der Waals surface area contributed by atoms with Crippen LogP contribution in [0.4, 0.5) is 10.5 Å². The molecule has 5 nitrogen and oxygen atoms in total. The average molecular weight is 491 g/mol. The minimum atomic E-state index is -0.204. The maximum atomic E-state index is 12.5. The number of piperazine rings is 1. The second-order valence-corrected chi connectivity index (χ2v) is 10.2. The Labute approximate surface area is 203 Å². The van der Waals surface area contributed by atoms with E-state index in [0.717, 1.165) is 55.5 Å². The second-order valence-electron chi connectivity index (χ2n) is 9.77. The first-order valence-corrected chi connectivity index (χ1v) is 11.6. The highest BCUT2D eigenvalue weighted by Crippen LogP contribution is 2.55. The van der Waals surface area contributed by atoms with Crippen LogP contribution in [-0.4, -0.2) is 55.9 Å². The molecule has 1 N–H and O–H groups in total. The molecule has 174 valence electrons. The van der Waals surface area contributed by atoms with E-state index in [1.807, 2.05) is 18.2 Å². The number of rotatable bonds is 5. The van der Waals surface area contributed by atoms with E-state index in [1.54, 1.807) is 0 Å². The van der Waals surface area contributed by atoms with Crippen molar-refractivity contribution in [2.75, 3.05) is 44.2 Å². The van der Waals surface area contributed by atoms with Crippen LogP contribution >= 0.6 is 36.4 Å². The number of halogens is 3. The van der Waals surface area contributed by atoms with Gasteiger partial charge in [0.15, 0.2) is 0 Å². The first-order valence-electron chi connectivity index (χ1n) is 11.2. The van der Waals surface area contributed by atoms with Crippen LogP contribution in [0.1, 0.15) is 38.5 Å². The number of carbonyl (C=O) groups is 1. The van der Waals surface area contributed by atoms with Crippen molar-refractivity contribution >= 4 is 48.2 Å². The highest BCUT2D eigenvalue weighted by Gasteiger charge is 2.51. The predicted octanol–water partition coefficient (Wildman–Crippen LogP) is 5.00. The Kier molecular flexibility index (Phi) is 8.28. The number of hydrogen-bond donors (Lipinski definition) is 1. The van der Waals surface area contributed by atoms with Gasteiger partial charge < -0.3 is 15.0 Å². The number of hydrogen-bond acceptors (Lipinski definition) is 4. The Balaban J connectivity index is 0.00000136. The van der Waals surface area contributed by atoms with E-state index in [-0.39, 0.29) is 36.4 Å². The molecular weight excluding hydrogens is 457 g/mol. The van der Waals surface area contributed by atoms with Crippen LogP contribution in [0.2, 0.25) is 5.02 Å². The quantitative estimate of drug-likeness (QED) is 0.631. The van der Waals surface area contributed by atoms with Gasteiger partial charge in [-0.15, -0.1) is 24.8 Å². The standard InChI is InChI=1S/C23H32ClN3O2.2ClH/c24-20-2-1-3-21(13-20)27-6-4-26(5-7-27)8-9-29-22(28)25-23-14-17-10-18(15-23)12-19(11-17)16-23;;/h1-3,13,17-19H,4-12,14-16H2,(H,25,28);2*1H. The monoisotopic (exact) mass is 489 g/mol. The lowest BCUT2D eigenvalue weighted by Gasteiger charge is -2.56. The van der Waals surface area contributed by atoms with Crippen LogP contribution in [-0.2, 0) is 4.74 Å². The van der Waals surface area contributed by atoms with E-state index in [1.165, 1.54) is 44.2 Å². The van der Waals surface area contributed by atoms with Crippen molar-refractivity contribution in [3.05, 3.63) is 29.3 Å². The van der Waals surface area contributed by atoms with E-state index >= 15 is 0 Å². The molecule has 4 saturated carbocycles. The molecule has 1 aromatic carbocycles. The van der Waals surface area contributed by atoms with Crippen molar-refractivity contribution < 1.29 is 9.53 Å². The van der Waals surface area contributed by atoms with E-state index < -0.39 is 0 Å². The summed E-state index contributed by atoms with van der Waals surface area (Å²) in [7, 11) is 0. The molecule has 0 spiro atoms. The van der Waals surface area contributed by atoms with Gasteiger partial charge in [-0.25, -0.2) is 4.79 Å². The molecule has 1 saturated heterocycles. The van der Waals surface area contributed by atoms with Crippen LogP contribution in [0.5, 0.6) is 0 Å². The number of nitrogens with zero attached hydrogens (tertiary/aromatic N) is 2. The van der Waals surface area contributed by atoms with Gasteiger partial charge in [-0.05, 0) is 74.5 Å². The number of amides is 1. The van der Waals surface area contributed by atoms with Gasteiger partial charge in [-0.3, -0.25) is 4.90 Å². The molecule has 0 radical (unpaired) electrons. The minimum absolute atomic E-state index is 0. The van der Waals surface area contributed by atoms with Crippen molar-refractivity contribution in [2.45, 2.75) is 44.1 Å². The van der Waals surface area contributed by atoms with Crippen LogP contribution in [0, 0.1) is 17.8 Å². The average Bonchev–Trinajstić information content (AvgIpc) is 2.67. The van der Waals surface area contributed by atoms with Gasteiger partial charge in [0.2, 0.25) is 0 Å². The number of anilines is 1. The summed E-state index contributed by atoms with van der Waals surface area (Å²) >= 11 is 6.11. The van der Waals surface area contributed by atoms with Gasteiger partial charge in [0.05, 0.1) is 0 Å². The van der Waals surface area contributed by atoms with Gasteiger partial charge in [-0.1, -0.05) is 17.7 Å². The van der Waals surface area contributed by atoms with Crippen molar-refractivity contribution in [2.24, 2.45) is 17.8 Å². The maximum absolute atomic E-state index is 12.5. The summed E-state index contributed by atoms with van der Waals surface area (Å²) in [5, 5.41) is 4.08. The van der Waals surface area contributed by atoms with Crippen LogP contribution < -0.4 is 10.2 Å². The highest BCUT2D eigenvalue weighted by molar-refractivity contribution is 6.30. The van der Waals surface area contributed by atoms with Gasteiger partial charge in [-0.2, -0.15) is 0 Å². The van der Waals surface area contributed by atoms with E-state index in [0.29, 0.717) is 6.61 Å². The van der Waals surface area contributed by atoms with Gasteiger partial charge in [0.1, 0.15) is 6.61 Å². The molecule has 1 aliphatic heterocycles. The number of ether oxygens (including phenoxy) is 1. The Bertz CT molecular complexity index is 720. The normalized spacial score (nSPS) is 31.5. The van der Waals surface area contributed by atoms with Crippen LogP contribution in [0.15, 0.2) is 24.3 Å². The van der Waals surface area contributed by atoms with Crippen molar-refractivity contribution in [1.82, 2.24) is 10.2 Å². The summed E-state index contributed by atoms with van der Waals surface area (Å²) in [5.74, 6) is 2.49. The molecule has 1 amide bonds. The molecule has 0 atom stereocenters. The van der Waals surface area contributed by atoms with Crippen LogP contribution in [0.25, 0.3) is 0 Å². The number of carbonyl (C=O) groups excluding carboxylic acids is 1. The molecule has 5 fully saturated rings. The number of nitrogens with one attached hydrogen (secondary N) is 1. The van der Waals surface area contributed by atoms with Crippen molar-refractivity contribution in [3.8, 4) is 0 Å². The zero-order valence-corrected chi connectivity index (χ0v) is 20.3. The third-order valence-electron chi connectivity index (χ3n) is 7.59. The summed E-state index contributed by atoms with van der Waals surface area (Å²) in [4.78, 5) is 17.2. The largest absolute Gasteiger partial charge is 0.448 e. The van der Waals surface area contributed by atoms with Gasteiger partial charge in [0.25, 0.3) is 0 Å². The summed E-state index contributed by atoms with van der Waals surface area (Å²) in [6.07, 6.45) is 7.45. The zero-order valence-electron chi connectivity index (χ0n) is 17.9. The van der Waals surface area contributed by atoms with Gasteiger partial charge >= 0.3 is 6.09 Å². The summed E-state index contributed by atoms with van der Waals surface area (Å²) in [6, 6.07) is 8.04. The van der Waals surface area contributed by atoms with Gasteiger partial charge in [0, 0.05) is 49.0 Å². The fraction of sp³-hybridized carbons (Fsp3) is 0.696. The zero-order chi connectivity index (χ0) is 19.8. The minimum Gasteiger partial charge on any atom is -0.448 e. The Morgan fingerprint density at radius 3 is 2.23 bits per heavy atom. The third kappa shape index (κ3) is 5.73. The fourth-order valence-electron chi connectivity index (χ4n) is 6.69. The lowest BCUT2D eigenvalue weighted by atomic mass is 9.53. The van der Waals surface area contributed by atoms with Crippen molar-refractivity contribution in [1.29, 1.82) is 0 Å². The maximum Gasteiger partial charge on any atom is 0.407 e. The van der Waals surface area contributed by atoms with E-state index in [2.05, 4.69) is 21.2 Å². The molecule has 4 bridgehead atoms. The topological polar surface area (TPSA) is 44.8 Å². The predicted molar refractivity (Wildman–Crippen MR) is 130 cm³/mol. The lowest BCUT2D eigenvalue weighted by molar-refractivity contribution is -0.0194. The SMILES string of the molecule is Cl.Cl.O=C(NC12CC3CC(CC(C3)C1)C2)OCCN1CCN(c2cccc(Cl)c2)CC1. The number of benzene rings is 1. The van der Waals surface area contributed by atoms with E-state index in [9.17, 15) is 4.79 Å². The second kappa shape index (κ2) is 10.4. The molecule has 1 aromatic rings. The lowest BCUT2D eigenvalue weighted by Crippen LogP contribution is -2.60. The van der Waals surface area contributed by atoms with E-state index in [4.69, 9.17) is 16.3 Å². The molecule has 0 aromatic heterocycles. The third-order valence-corrected chi connectivity index (χ3v) is 7.83. The molecule has 1 heterocycles. The molecular formula is C23H34Cl3N3O2. The Morgan fingerprint density at radius 1 is 1.03 bits per heavy atom. The molecule has 31 heavy (non-hydrogen) atoms. The Hall–Kier alpha value is -0.880. The first-order chi connectivity index (χ1) is 14.1. The van der Waals surface area contributed by atoms with Crippen molar-refractivity contribution in [3.63, 3.8) is 0 Å². The summed E-state index contributed by atoms with van der Waals surface area (Å²) in [6.45, 7) is 5.17. The smallest absolute Gasteiger partial charge is 0.407 e. The fourth-order valence-corrected chi connectivity index (χ4v) is 6.87. The molecule has 0 unspecified atom stereocenters. The van der Waals surface area contributed by atoms with Crippen LogP contribution in [0.3, 0.4) is 0 Å². The summed E-state index contributed by atoms with van der Waals surface area (Å²) in [5.41, 5.74) is 1.22. The molecule has 6 rings (SSSR count). The Morgan fingerprint density at radius 2 is 1.65 bits per heavy atom.